The van der Waals surface area contributed by atoms with Gasteiger partial charge in [-0.25, -0.2) is 0 Å². The molecule has 1 aromatic carbocycles. The summed E-state index contributed by atoms with van der Waals surface area (Å²) < 4.78 is 11.9. The molecule has 0 fully saturated rings. The molecular formula is C19H29NO3. The van der Waals surface area contributed by atoms with E-state index in [1.807, 2.05) is 13.8 Å². The maximum atomic E-state index is 11.4. The molecule has 0 amide bonds. The van der Waals surface area contributed by atoms with Gasteiger partial charge in [0.25, 0.3) is 0 Å². The number of ether oxygens (including phenoxy) is 2. The van der Waals surface area contributed by atoms with Crippen LogP contribution in [0.25, 0.3) is 0 Å². The van der Waals surface area contributed by atoms with Crippen molar-refractivity contribution in [2.75, 3.05) is 20.6 Å². The summed E-state index contributed by atoms with van der Waals surface area (Å²) in [6.45, 7) is 10.7. The van der Waals surface area contributed by atoms with E-state index in [1.54, 1.807) is 0 Å². The van der Waals surface area contributed by atoms with Gasteiger partial charge in [0.1, 0.15) is 17.1 Å². The van der Waals surface area contributed by atoms with Crippen LogP contribution in [0.1, 0.15) is 48.9 Å². The van der Waals surface area contributed by atoms with Crippen molar-refractivity contribution in [1.82, 2.24) is 4.90 Å². The van der Waals surface area contributed by atoms with Crippen LogP contribution in [0.4, 0.5) is 0 Å². The van der Waals surface area contributed by atoms with Crippen molar-refractivity contribution in [3.63, 3.8) is 0 Å². The third-order valence-corrected chi connectivity index (χ3v) is 4.90. The Morgan fingerprint density at radius 3 is 2.43 bits per heavy atom. The molecule has 128 valence electrons. The molecule has 1 aromatic rings. The maximum Gasteiger partial charge on any atom is 0.308 e. The van der Waals surface area contributed by atoms with Gasteiger partial charge in [0.05, 0.1) is 0 Å². The molecule has 23 heavy (non-hydrogen) atoms. The van der Waals surface area contributed by atoms with Gasteiger partial charge in [0, 0.05) is 19.0 Å². The van der Waals surface area contributed by atoms with Crippen molar-refractivity contribution in [2.45, 2.75) is 59.5 Å². The Morgan fingerprint density at radius 1 is 1.22 bits per heavy atom. The van der Waals surface area contributed by atoms with Crippen LogP contribution in [0.2, 0.25) is 0 Å². The van der Waals surface area contributed by atoms with E-state index >= 15 is 0 Å². The molecule has 0 saturated carbocycles. The van der Waals surface area contributed by atoms with E-state index in [-0.39, 0.29) is 11.6 Å². The lowest BCUT2D eigenvalue weighted by Gasteiger charge is -2.38. The Labute approximate surface area is 139 Å². The van der Waals surface area contributed by atoms with Crippen LogP contribution in [0.5, 0.6) is 11.5 Å². The smallest absolute Gasteiger partial charge is 0.308 e. The first kappa shape index (κ1) is 17.8. The molecule has 0 spiro atoms. The molecule has 1 aliphatic heterocycles. The Kier molecular flexibility index (Phi) is 5.04. The highest BCUT2D eigenvalue weighted by Gasteiger charge is 2.34. The van der Waals surface area contributed by atoms with Crippen LogP contribution in [0.3, 0.4) is 0 Å². The van der Waals surface area contributed by atoms with E-state index in [9.17, 15) is 4.79 Å². The minimum atomic E-state index is -0.275. The highest BCUT2D eigenvalue weighted by Crippen LogP contribution is 2.44. The Bertz CT molecular complexity index is 622. The molecule has 0 radical (unpaired) electrons. The summed E-state index contributed by atoms with van der Waals surface area (Å²) in [5.41, 5.74) is 4.16. The summed E-state index contributed by atoms with van der Waals surface area (Å²) >= 11 is 0. The van der Waals surface area contributed by atoms with Crippen molar-refractivity contribution in [3.8, 4) is 11.5 Å². The molecule has 0 aliphatic carbocycles. The summed E-state index contributed by atoms with van der Waals surface area (Å²) in [5.74, 6) is 1.42. The number of esters is 1. The number of hydrogen-bond acceptors (Lipinski definition) is 4. The summed E-state index contributed by atoms with van der Waals surface area (Å²) in [6, 6.07) is 0. The molecular weight excluding hydrogens is 290 g/mol. The topological polar surface area (TPSA) is 38.8 Å². The zero-order valence-electron chi connectivity index (χ0n) is 15.5. The van der Waals surface area contributed by atoms with E-state index in [0.29, 0.717) is 5.75 Å². The average molecular weight is 319 g/mol. The molecule has 4 nitrogen and oxygen atoms in total. The second-order valence-electron chi connectivity index (χ2n) is 7.21. The highest BCUT2D eigenvalue weighted by molar-refractivity contribution is 5.72. The lowest BCUT2D eigenvalue weighted by molar-refractivity contribution is -0.132. The van der Waals surface area contributed by atoms with Gasteiger partial charge in [0.15, 0.2) is 0 Å². The van der Waals surface area contributed by atoms with Gasteiger partial charge in [-0.2, -0.15) is 0 Å². The lowest BCUT2D eigenvalue weighted by Crippen LogP contribution is -2.39. The van der Waals surface area contributed by atoms with Gasteiger partial charge in [-0.1, -0.05) is 0 Å². The number of rotatable bonds is 4. The lowest BCUT2D eigenvalue weighted by atomic mass is 9.85. The van der Waals surface area contributed by atoms with Gasteiger partial charge in [0.2, 0.25) is 0 Å². The summed E-state index contributed by atoms with van der Waals surface area (Å²) in [4.78, 5) is 13.6. The minimum Gasteiger partial charge on any atom is -0.487 e. The van der Waals surface area contributed by atoms with Gasteiger partial charge in [-0.15, -0.1) is 0 Å². The molecule has 0 N–H and O–H groups in total. The summed E-state index contributed by atoms with van der Waals surface area (Å²) in [7, 11) is 4.18. The van der Waals surface area contributed by atoms with Gasteiger partial charge < -0.3 is 14.4 Å². The van der Waals surface area contributed by atoms with Crippen LogP contribution < -0.4 is 9.47 Å². The number of carbonyl (C=O) groups excluding carboxylic acids is 1. The second kappa shape index (κ2) is 6.52. The van der Waals surface area contributed by atoms with Crippen LogP contribution >= 0.6 is 0 Å². The second-order valence-corrected chi connectivity index (χ2v) is 7.21. The number of hydrogen-bond donors (Lipinski definition) is 0. The standard InChI is InChI=1S/C19H29NO3/c1-12-13(2)18-16(14(3)17(12)22-15(4)21)8-9-19(5,23-18)10-11-20(6)7/h8-11H2,1-7H3/t19-/m1/s1. The Hall–Kier alpha value is -1.55. The maximum absolute atomic E-state index is 11.4. The van der Waals surface area contributed by atoms with Crippen LogP contribution in [0, 0.1) is 20.8 Å². The molecule has 0 saturated heterocycles. The van der Waals surface area contributed by atoms with Crippen LogP contribution in [-0.4, -0.2) is 37.1 Å². The molecule has 4 heteroatoms. The molecule has 0 bridgehead atoms. The largest absolute Gasteiger partial charge is 0.487 e. The van der Waals surface area contributed by atoms with E-state index < -0.39 is 0 Å². The highest BCUT2D eigenvalue weighted by atomic mass is 16.5. The zero-order chi connectivity index (χ0) is 17.4. The third-order valence-electron chi connectivity index (χ3n) is 4.90. The molecule has 1 atom stereocenters. The predicted octanol–water partition coefficient (Wildman–Crippen LogP) is 3.57. The third kappa shape index (κ3) is 3.69. The van der Waals surface area contributed by atoms with Gasteiger partial charge in [-0.3, -0.25) is 4.79 Å². The normalized spacial score (nSPS) is 20.2. The van der Waals surface area contributed by atoms with Crippen molar-refractivity contribution in [2.24, 2.45) is 0 Å². The Morgan fingerprint density at radius 2 is 1.87 bits per heavy atom. The minimum absolute atomic E-state index is 0.135. The SMILES string of the molecule is CC(=O)Oc1c(C)c(C)c2c(c1C)CC[C@](C)(CCN(C)C)O2. The number of nitrogens with zero attached hydrogens (tertiary/aromatic N) is 1. The van der Waals surface area contributed by atoms with Crippen LogP contribution in [0.15, 0.2) is 0 Å². The Balaban J connectivity index is 2.39. The fourth-order valence-electron chi connectivity index (χ4n) is 3.21. The van der Waals surface area contributed by atoms with E-state index in [4.69, 9.17) is 9.47 Å². The zero-order valence-corrected chi connectivity index (χ0v) is 15.5. The van der Waals surface area contributed by atoms with Crippen LogP contribution in [-0.2, 0) is 11.2 Å². The first-order valence-corrected chi connectivity index (χ1v) is 8.29. The number of carbonyl (C=O) groups is 1. The van der Waals surface area contributed by atoms with Crippen molar-refractivity contribution >= 4 is 5.97 Å². The number of benzene rings is 1. The van der Waals surface area contributed by atoms with Gasteiger partial charge in [-0.05, 0) is 77.7 Å². The predicted molar refractivity (Wildman–Crippen MR) is 92.5 cm³/mol. The molecule has 1 aliphatic rings. The summed E-state index contributed by atoms with van der Waals surface area (Å²) in [6.07, 6.45) is 2.94. The molecule has 2 rings (SSSR count). The van der Waals surface area contributed by atoms with Crippen molar-refractivity contribution in [3.05, 3.63) is 22.3 Å². The first-order chi connectivity index (χ1) is 10.6. The van der Waals surface area contributed by atoms with Crippen molar-refractivity contribution in [1.29, 1.82) is 0 Å². The molecule has 0 aromatic heterocycles. The summed E-state index contributed by atoms with van der Waals surface area (Å²) in [5, 5.41) is 0. The monoisotopic (exact) mass is 319 g/mol. The van der Waals surface area contributed by atoms with E-state index in [2.05, 4.69) is 32.8 Å². The first-order valence-electron chi connectivity index (χ1n) is 8.29. The van der Waals surface area contributed by atoms with E-state index in [1.165, 1.54) is 12.5 Å². The number of fused-ring (bicyclic) bond motifs is 1. The molecule has 0 unspecified atom stereocenters. The fourth-order valence-corrected chi connectivity index (χ4v) is 3.21. The molecule has 1 heterocycles. The van der Waals surface area contributed by atoms with Gasteiger partial charge >= 0.3 is 5.97 Å². The van der Waals surface area contributed by atoms with E-state index in [0.717, 1.165) is 48.2 Å². The quantitative estimate of drug-likeness (QED) is 0.628. The average Bonchev–Trinajstić information content (AvgIpc) is 2.47. The fraction of sp³-hybridized carbons (Fsp3) is 0.632. The van der Waals surface area contributed by atoms with Crippen molar-refractivity contribution < 1.29 is 14.3 Å².